The molecule has 1 saturated carbocycles. The topological polar surface area (TPSA) is 150 Å². The van der Waals surface area contributed by atoms with Crippen molar-refractivity contribution in [2.24, 2.45) is 0 Å². The Morgan fingerprint density at radius 2 is 0.713 bits per heavy atom. The molecule has 1 atom stereocenters. The summed E-state index contributed by atoms with van der Waals surface area (Å²) in [6.45, 7) is 57.1. The van der Waals surface area contributed by atoms with Gasteiger partial charge in [-0.2, -0.15) is 0 Å². The number of rotatable bonds is 18. The summed E-state index contributed by atoms with van der Waals surface area (Å²) in [5.41, 5.74) is 0.292. The normalized spacial score (nSPS) is 12.2. The summed E-state index contributed by atoms with van der Waals surface area (Å²) in [4.78, 5) is 10.7. The molecule has 18 nitrogen and oxygen atoms in total. The lowest BCUT2D eigenvalue weighted by molar-refractivity contribution is -0.0377. The van der Waals surface area contributed by atoms with E-state index in [-0.39, 0.29) is 0 Å². The van der Waals surface area contributed by atoms with E-state index >= 15 is 0 Å². The zero-order valence-corrected chi connectivity index (χ0v) is 69.1. The smallest absolute Gasteiger partial charge is 0.0828 e. The minimum atomic E-state index is 0.292. The molecule has 2 fully saturated rings. The standard InChI is InChI=1S/C6H13NO.3C5H13N.C5H10O.4C4H11N.4C4H10O.2C3H9N.C3H8O.C2H6O/c1-3-8-6-4-7(2)5-6;2*1-5(2)6(3)4;1-4-5(2)6-3;1-5(6-2)3-4-5;1-4-5(2)3;6*1-4(2)5-3;1-3-4-5-2;1-4(2)3;2*1-3-4-2;1-3-2/h6H,3-5H2,1-2H3;2*5H,1-4H3;5-6H,4H2,1-3H3;3-4H2,1-2H3;4H2,1-3H3;3*4-5H,1-3H3;3*4H,1-3H3;3-4H2,1-2H3;1-3H3;4H,3H2,1-2H3;3H2,1-2H3;1-2H3. The van der Waals surface area contributed by atoms with Crippen LogP contribution in [0, 0.1) is 0 Å². The van der Waals surface area contributed by atoms with E-state index in [1.165, 1.54) is 19.3 Å². The van der Waals surface area contributed by atoms with Crippen molar-refractivity contribution in [3.05, 3.63) is 0 Å². The number of hydrogen-bond donors (Lipinski definition) is 5. The van der Waals surface area contributed by atoms with Gasteiger partial charge in [-0.25, -0.2) is 0 Å². The molecule has 1 aliphatic carbocycles. The average molecular weight is 1280 g/mol. The van der Waals surface area contributed by atoms with Gasteiger partial charge in [0.1, 0.15) is 0 Å². The van der Waals surface area contributed by atoms with Crippen LogP contribution in [-0.4, -0.2) is 299 Å². The second-order valence-corrected chi connectivity index (χ2v) is 23.8. The highest BCUT2D eigenvalue weighted by molar-refractivity contribution is 4.89. The Labute approximate surface area is 553 Å². The Hall–Kier alpha value is -0.720. The molecule has 1 saturated heterocycles. The molecule has 18 heteroatoms. The van der Waals surface area contributed by atoms with Crippen molar-refractivity contribution in [3.8, 4) is 0 Å². The maximum Gasteiger partial charge on any atom is 0.0828 e. The third kappa shape index (κ3) is 254. The van der Waals surface area contributed by atoms with E-state index in [4.69, 9.17) is 28.4 Å². The predicted molar refractivity (Wildman–Crippen MR) is 399 cm³/mol. The summed E-state index contributed by atoms with van der Waals surface area (Å²) >= 11 is 0. The van der Waals surface area contributed by atoms with Crippen LogP contribution in [0.15, 0.2) is 0 Å². The average Bonchev–Trinajstić information content (AvgIpc) is 4.21. The zero-order chi connectivity index (χ0) is 73.1. The van der Waals surface area contributed by atoms with Gasteiger partial charge in [0.05, 0.1) is 30.0 Å². The fraction of sp³-hybridized carbons (Fsp3) is 1.00. The first-order valence-corrected chi connectivity index (χ1v) is 32.7. The van der Waals surface area contributed by atoms with Gasteiger partial charge in [0, 0.05) is 126 Å². The van der Waals surface area contributed by atoms with E-state index in [0.29, 0.717) is 66.3 Å². The van der Waals surface area contributed by atoms with Crippen LogP contribution in [0.3, 0.4) is 0 Å². The lowest BCUT2D eigenvalue weighted by Crippen LogP contribution is -2.49. The van der Waals surface area contributed by atoms with Gasteiger partial charge in [-0.15, -0.1) is 0 Å². The highest BCUT2D eigenvalue weighted by atomic mass is 16.5. The summed E-state index contributed by atoms with van der Waals surface area (Å²) in [6.07, 6.45) is 6.53. The lowest BCUT2D eigenvalue weighted by Gasteiger charge is -2.35. The summed E-state index contributed by atoms with van der Waals surface area (Å²) in [7, 11) is 43.8. The Morgan fingerprint density at radius 1 is 0.483 bits per heavy atom. The van der Waals surface area contributed by atoms with Crippen LogP contribution >= 0.6 is 0 Å². The molecule has 0 aromatic heterocycles. The van der Waals surface area contributed by atoms with Crippen LogP contribution in [0.1, 0.15) is 192 Å². The number of nitrogens with one attached hydrogen (secondary N) is 5. The van der Waals surface area contributed by atoms with E-state index in [0.717, 1.165) is 52.4 Å². The van der Waals surface area contributed by atoms with Crippen molar-refractivity contribution >= 4 is 0 Å². The molecule has 5 N–H and O–H groups in total. The molecule has 1 heterocycles. The van der Waals surface area contributed by atoms with E-state index in [9.17, 15) is 0 Å². The fourth-order valence-corrected chi connectivity index (χ4v) is 1.77. The van der Waals surface area contributed by atoms with Gasteiger partial charge in [-0.1, -0.05) is 69.2 Å². The minimum absolute atomic E-state index is 0.292. The number of hydrogen-bond acceptors (Lipinski definition) is 18. The van der Waals surface area contributed by atoms with Gasteiger partial charge in [0.25, 0.3) is 0 Å². The molecule has 1 aliphatic heterocycles. The van der Waals surface area contributed by atoms with E-state index in [1.807, 2.05) is 117 Å². The first-order valence-electron chi connectivity index (χ1n) is 32.7. The SMILES string of the molecule is CC(C)N(C)C.CC(C)N(C)C.CCC(C)NC.CCCOC.CCN(C)C.CCNC.CCOC.CCOC1CN(C)C1.CN(C)C.CNC(C)C.CNC(C)C.CNC(C)C.COC.COC(C)C.COC(C)C.COC(C)C.COC1(C)CC1. The second kappa shape index (κ2) is 110. The fourth-order valence-electron chi connectivity index (χ4n) is 1.77. The molecule has 2 rings (SSSR count). The molecule has 87 heavy (non-hydrogen) atoms. The summed E-state index contributed by atoms with van der Waals surface area (Å²) < 4.78 is 38.1. The van der Waals surface area contributed by atoms with Crippen molar-refractivity contribution in [2.45, 2.75) is 258 Å². The molecule has 2 aliphatic rings. The van der Waals surface area contributed by atoms with Crippen LogP contribution < -0.4 is 26.6 Å². The maximum atomic E-state index is 5.31. The largest absolute Gasteiger partial charge is 0.388 e. The third-order valence-corrected chi connectivity index (χ3v) is 10.9. The Balaban J connectivity index is -0.0000000489. The molecule has 1 unspecified atom stereocenters. The lowest BCUT2D eigenvalue weighted by atomic mass is 10.2. The van der Waals surface area contributed by atoms with Gasteiger partial charge < -0.3 is 89.0 Å². The molecule has 0 aromatic rings. The zero-order valence-electron chi connectivity index (χ0n) is 69.1. The first-order chi connectivity index (χ1) is 40.0. The minimum Gasteiger partial charge on any atom is -0.388 e. The molecular weight excluding hydrogens is 1100 g/mol. The van der Waals surface area contributed by atoms with Crippen LogP contribution in [0.4, 0.5) is 0 Å². The van der Waals surface area contributed by atoms with Crippen molar-refractivity contribution in [1.82, 2.24) is 51.1 Å². The number of methoxy groups -OCH3 is 7. The number of ether oxygens (including phenoxy) is 8. The van der Waals surface area contributed by atoms with Crippen molar-refractivity contribution < 1.29 is 37.9 Å². The van der Waals surface area contributed by atoms with Crippen LogP contribution in [-0.2, 0) is 37.9 Å². The van der Waals surface area contributed by atoms with E-state index in [2.05, 4.69) is 216 Å². The summed E-state index contributed by atoms with van der Waals surface area (Å²) in [5.74, 6) is 0. The Kier molecular flexibility index (Phi) is 156. The number of nitrogens with zero attached hydrogens (tertiary/aromatic N) is 5. The molecule has 0 amide bonds. The highest BCUT2D eigenvalue weighted by Gasteiger charge is 2.36. The van der Waals surface area contributed by atoms with Crippen LogP contribution in [0.2, 0.25) is 0 Å². The van der Waals surface area contributed by atoms with Crippen molar-refractivity contribution in [3.63, 3.8) is 0 Å². The van der Waals surface area contributed by atoms with Crippen LogP contribution in [0.5, 0.6) is 0 Å². The predicted octanol–water partition coefficient (Wildman–Crippen LogP) is 12.3. The monoisotopic (exact) mass is 1280 g/mol. The maximum absolute atomic E-state index is 5.31. The number of likely N-dealkylation sites (tertiary alicyclic amines) is 1. The van der Waals surface area contributed by atoms with Crippen LogP contribution in [0.25, 0.3) is 0 Å². The molecule has 0 aromatic carbocycles. The Bertz CT molecular complexity index is 858. The number of likely N-dealkylation sites (N-methyl/N-ethyl adjacent to an activating group) is 1. The van der Waals surface area contributed by atoms with Gasteiger partial charge in [-0.3, -0.25) is 0 Å². The molecule has 0 bridgehead atoms. The van der Waals surface area contributed by atoms with Crippen molar-refractivity contribution in [2.75, 3.05) is 209 Å². The van der Waals surface area contributed by atoms with Gasteiger partial charge in [0.15, 0.2) is 0 Å². The third-order valence-electron chi connectivity index (χ3n) is 10.9. The Morgan fingerprint density at radius 3 is 0.747 bits per heavy atom. The van der Waals surface area contributed by atoms with E-state index in [1.54, 1.807) is 56.9 Å². The second-order valence-electron chi connectivity index (χ2n) is 23.8. The van der Waals surface area contributed by atoms with Crippen molar-refractivity contribution in [1.29, 1.82) is 0 Å². The van der Waals surface area contributed by atoms with Gasteiger partial charge in [0.2, 0.25) is 0 Å². The molecule has 552 valence electrons. The molecular formula is C69H178N10O8. The van der Waals surface area contributed by atoms with E-state index < -0.39 is 0 Å². The highest BCUT2D eigenvalue weighted by Crippen LogP contribution is 2.37. The summed E-state index contributed by atoms with van der Waals surface area (Å²) in [6, 6.07) is 3.96. The molecule has 0 radical (unpaired) electrons. The molecule has 0 spiro atoms. The van der Waals surface area contributed by atoms with Gasteiger partial charge >= 0.3 is 0 Å². The van der Waals surface area contributed by atoms with Gasteiger partial charge in [-0.05, 0) is 241 Å². The quantitative estimate of drug-likeness (QED) is 0.0885. The summed E-state index contributed by atoms with van der Waals surface area (Å²) in [5, 5.41) is 15.1. The first kappa shape index (κ1) is 124.